The summed E-state index contributed by atoms with van der Waals surface area (Å²) < 4.78 is 5.53. The van der Waals surface area contributed by atoms with Gasteiger partial charge in [0.25, 0.3) is 0 Å². The summed E-state index contributed by atoms with van der Waals surface area (Å²) in [5, 5.41) is 0. The Hall–Kier alpha value is -0.450. The standard InChI is InChI=1S/C13H24N2O2/c14-11-5-7-15(8-6-11)10-12(16)3-4-13-2-1-9-17-13/h11,13H,1-10,14H2. The highest BCUT2D eigenvalue weighted by Gasteiger charge is 2.20. The minimum atomic E-state index is 0.341. The van der Waals surface area contributed by atoms with Crippen molar-refractivity contribution in [3.8, 4) is 0 Å². The average molecular weight is 240 g/mol. The van der Waals surface area contributed by atoms with Crippen LogP contribution in [0.15, 0.2) is 0 Å². The number of hydrogen-bond acceptors (Lipinski definition) is 4. The van der Waals surface area contributed by atoms with E-state index in [2.05, 4.69) is 4.90 Å². The molecule has 1 unspecified atom stereocenters. The molecule has 0 aliphatic carbocycles. The summed E-state index contributed by atoms with van der Waals surface area (Å²) in [5.74, 6) is 0.357. The first-order chi connectivity index (χ1) is 8.24. The molecule has 0 bridgehead atoms. The number of nitrogens with zero attached hydrogens (tertiary/aromatic N) is 1. The molecule has 0 aromatic rings. The zero-order valence-electron chi connectivity index (χ0n) is 10.6. The molecule has 0 spiro atoms. The Balaban J connectivity index is 1.60. The Morgan fingerprint density at radius 3 is 2.71 bits per heavy atom. The molecule has 2 heterocycles. The van der Waals surface area contributed by atoms with Crippen molar-refractivity contribution >= 4 is 5.78 Å². The second-order valence-electron chi connectivity index (χ2n) is 5.33. The lowest BCUT2D eigenvalue weighted by molar-refractivity contribution is -0.121. The summed E-state index contributed by atoms with van der Waals surface area (Å²) in [6, 6.07) is 0.341. The Kier molecular flexibility index (Phi) is 4.95. The lowest BCUT2D eigenvalue weighted by atomic mass is 10.0. The van der Waals surface area contributed by atoms with Crippen molar-refractivity contribution in [2.75, 3.05) is 26.2 Å². The number of carbonyl (C=O) groups is 1. The molecule has 1 atom stereocenters. The van der Waals surface area contributed by atoms with Crippen LogP contribution >= 0.6 is 0 Å². The molecule has 17 heavy (non-hydrogen) atoms. The van der Waals surface area contributed by atoms with Gasteiger partial charge in [0.05, 0.1) is 12.6 Å². The number of likely N-dealkylation sites (tertiary alicyclic amines) is 1. The third kappa shape index (κ3) is 4.37. The maximum atomic E-state index is 11.8. The fraction of sp³-hybridized carbons (Fsp3) is 0.923. The third-order valence-electron chi connectivity index (χ3n) is 3.80. The molecule has 2 rings (SSSR count). The Labute approximate surface area is 103 Å². The van der Waals surface area contributed by atoms with E-state index < -0.39 is 0 Å². The smallest absolute Gasteiger partial charge is 0.146 e. The zero-order valence-corrected chi connectivity index (χ0v) is 10.6. The van der Waals surface area contributed by atoms with Crippen molar-refractivity contribution in [2.45, 2.75) is 50.7 Å². The highest BCUT2D eigenvalue weighted by atomic mass is 16.5. The molecule has 98 valence electrons. The van der Waals surface area contributed by atoms with E-state index in [0.717, 1.165) is 51.8 Å². The molecule has 2 aliphatic rings. The van der Waals surface area contributed by atoms with Gasteiger partial charge in [-0.15, -0.1) is 0 Å². The lowest BCUT2D eigenvalue weighted by Crippen LogP contribution is -2.41. The van der Waals surface area contributed by atoms with Gasteiger partial charge in [-0.3, -0.25) is 9.69 Å². The molecule has 2 saturated heterocycles. The molecule has 2 fully saturated rings. The largest absolute Gasteiger partial charge is 0.378 e. The minimum absolute atomic E-state index is 0.341. The molecule has 0 saturated carbocycles. The molecule has 0 amide bonds. The van der Waals surface area contributed by atoms with Crippen LogP contribution in [0.25, 0.3) is 0 Å². The topological polar surface area (TPSA) is 55.6 Å². The maximum Gasteiger partial charge on any atom is 0.146 e. The van der Waals surface area contributed by atoms with E-state index in [9.17, 15) is 4.79 Å². The second kappa shape index (κ2) is 6.47. The van der Waals surface area contributed by atoms with E-state index in [0.29, 0.717) is 30.9 Å². The van der Waals surface area contributed by atoms with Gasteiger partial charge in [0.1, 0.15) is 5.78 Å². The normalized spacial score (nSPS) is 27.5. The fourth-order valence-corrected chi connectivity index (χ4v) is 2.63. The Morgan fingerprint density at radius 2 is 2.06 bits per heavy atom. The maximum absolute atomic E-state index is 11.8. The van der Waals surface area contributed by atoms with Gasteiger partial charge in [-0.2, -0.15) is 0 Å². The number of piperidine rings is 1. The number of ketones is 1. The zero-order chi connectivity index (χ0) is 12.1. The summed E-state index contributed by atoms with van der Waals surface area (Å²) in [6.45, 7) is 3.45. The van der Waals surface area contributed by atoms with Crippen LogP contribution in [0.2, 0.25) is 0 Å². The van der Waals surface area contributed by atoms with E-state index in [-0.39, 0.29) is 0 Å². The van der Waals surface area contributed by atoms with Gasteiger partial charge in [0.2, 0.25) is 0 Å². The van der Waals surface area contributed by atoms with E-state index in [4.69, 9.17) is 10.5 Å². The van der Waals surface area contributed by atoms with Crippen molar-refractivity contribution in [3.63, 3.8) is 0 Å². The van der Waals surface area contributed by atoms with Crippen molar-refractivity contribution in [3.05, 3.63) is 0 Å². The predicted octanol–water partition coefficient (Wildman–Crippen LogP) is 0.938. The quantitative estimate of drug-likeness (QED) is 0.777. The van der Waals surface area contributed by atoms with Crippen LogP contribution in [0.5, 0.6) is 0 Å². The summed E-state index contributed by atoms with van der Waals surface area (Å²) in [5.41, 5.74) is 5.84. The van der Waals surface area contributed by atoms with Crippen LogP contribution < -0.4 is 5.73 Å². The number of rotatable bonds is 5. The predicted molar refractivity (Wildman–Crippen MR) is 66.9 cm³/mol. The van der Waals surface area contributed by atoms with Crippen LogP contribution in [-0.4, -0.2) is 49.1 Å². The summed E-state index contributed by atoms with van der Waals surface area (Å²) in [6.07, 6.45) is 6.26. The molecule has 2 aliphatic heterocycles. The molecule has 0 radical (unpaired) electrons. The van der Waals surface area contributed by atoms with Crippen molar-refractivity contribution in [2.24, 2.45) is 5.73 Å². The molecular weight excluding hydrogens is 216 g/mol. The van der Waals surface area contributed by atoms with E-state index in [1.807, 2.05) is 0 Å². The number of hydrogen-bond donors (Lipinski definition) is 1. The second-order valence-corrected chi connectivity index (χ2v) is 5.33. The van der Waals surface area contributed by atoms with Crippen molar-refractivity contribution in [1.82, 2.24) is 4.90 Å². The minimum Gasteiger partial charge on any atom is -0.378 e. The van der Waals surface area contributed by atoms with Gasteiger partial charge in [-0.1, -0.05) is 0 Å². The number of nitrogens with two attached hydrogens (primary N) is 1. The Bertz CT molecular complexity index is 244. The summed E-state index contributed by atoms with van der Waals surface area (Å²) in [4.78, 5) is 14.1. The highest BCUT2D eigenvalue weighted by Crippen LogP contribution is 2.17. The van der Waals surface area contributed by atoms with Crippen LogP contribution in [0.4, 0.5) is 0 Å². The third-order valence-corrected chi connectivity index (χ3v) is 3.80. The van der Waals surface area contributed by atoms with E-state index >= 15 is 0 Å². The first-order valence-electron chi connectivity index (χ1n) is 6.85. The fourth-order valence-electron chi connectivity index (χ4n) is 2.63. The summed E-state index contributed by atoms with van der Waals surface area (Å²) >= 11 is 0. The first kappa shape index (κ1) is 13.0. The van der Waals surface area contributed by atoms with Crippen LogP contribution in [0.1, 0.15) is 38.5 Å². The molecule has 0 aromatic carbocycles. The number of carbonyl (C=O) groups excluding carboxylic acids is 1. The SMILES string of the molecule is NC1CCN(CC(=O)CCC2CCCO2)CC1. The van der Waals surface area contributed by atoms with E-state index in [1.165, 1.54) is 0 Å². The Morgan fingerprint density at radius 1 is 1.29 bits per heavy atom. The summed E-state index contributed by atoms with van der Waals surface area (Å²) in [7, 11) is 0. The van der Waals surface area contributed by atoms with Crippen molar-refractivity contribution < 1.29 is 9.53 Å². The van der Waals surface area contributed by atoms with Crippen LogP contribution in [-0.2, 0) is 9.53 Å². The average Bonchev–Trinajstić information content (AvgIpc) is 2.83. The van der Waals surface area contributed by atoms with Gasteiger partial charge in [-0.05, 0) is 32.1 Å². The first-order valence-corrected chi connectivity index (χ1v) is 6.85. The molecule has 0 aromatic heterocycles. The highest BCUT2D eigenvalue weighted by molar-refractivity contribution is 5.80. The van der Waals surface area contributed by atoms with Gasteiger partial charge < -0.3 is 10.5 Å². The number of Topliss-reactive ketones (excluding diaryl/α,β-unsaturated/α-hetero) is 1. The van der Waals surface area contributed by atoms with Crippen LogP contribution in [0.3, 0.4) is 0 Å². The van der Waals surface area contributed by atoms with Crippen molar-refractivity contribution in [1.29, 1.82) is 0 Å². The van der Waals surface area contributed by atoms with Gasteiger partial charge >= 0.3 is 0 Å². The van der Waals surface area contributed by atoms with Gasteiger partial charge in [0.15, 0.2) is 0 Å². The van der Waals surface area contributed by atoms with Gasteiger partial charge in [-0.25, -0.2) is 0 Å². The van der Waals surface area contributed by atoms with Gasteiger partial charge in [0, 0.05) is 32.2 Å². The molecular formula is C13H24N2O2. The molecule has 2 N–H and O–H groups in total. The van der Waals surface area contributed by atoms with E-state index in [1.54, 1.807) is 0 Å². The number of ether oxygens (including phenoxy) is 1. The monoisotopic (exact) mass is 240 g/mol. The molecule has 4 heteroatoms. The molecule has 4 nitrogen and oxygen atoms in total. The lowest BCUT2D eigenvalue weighted by Gasteiger charge is -2.29. The van der Waals surface area contributed by atoms with Crippen LogP contribution in [0, 0.1) is 0 Å².